The summed E-state index contributed by atoms with van der Waals surface area (Å²) in [6.45, 7) is 3.72. The van der Waals surface area contributed by atoms with Crippen molar-refractivity contribution in [2.75, 3.05) is 0 Å². The first-order chi connectivity index (χ1) is 8.85. The second-order valence-corrected chi connectivity index (χ2v) is 4.70. The molecule has 0 aliphatic carbocycles. The fourth-order valence-corrected chi connectivity index (χ4v) is 2.63. The van der Waals surface area contributed by atoms with E-state index in [1.54, 1.807) is 36.0 Å². The lowest BCUT2D eigenvalue weighted by molar-refractivity contribution is 1.33. The maximum Gasteiger partial charge on any atom is 0.0350 e. The summed E-state index contributed by atoms with van der Waals surface area (Å²) in [5.74, 6) is 0. The van der Waals surface area contributed by atoms with Gasteiger partial charge in [-0.25, -0.2) is 0 Å². The number of pyridine rings is 1. The zero-order chi connectivity index (χ0) is 12.8. The molecule has 2 aromatic heterocycles. The van der Waals surface area contributed by atoms with Crippen LogP contribution in [0, 0.1) is 0 Å². The van der Waals surface area contributed by atoms with E-state index in [4.69, 9.17) is 5.73 Å². The van der Waals surface area contributed by atoms with Gasteiger partial charge in [-0.1, -0.05) is 18.7 Å². The molecule has 0 atom stereocenters. The molecule has 0 amide bonds. The molecule has 3 heteroatoms. The minimum atomic E-state index is 1.07. The number of rotatable bonds is 4. The van der Waals surface area contributed by atoms with Gasteiger partial charge in [-0.05, 0) is 47.7 Å². The van der Waals surface area contributed by atoms with Crippen LogP contribution in [0.15, 0.2) is 67.7 Å². The summed E-state index contributed by atoms with van der Waals surface area (Å²) in [4.78, 5) is 6.41. The minimum Gasteiger partial charge on any atom is -0.405 e. The number of allylic oxidation sites excluding steroid dienone is 4. The third kappa shape index (κ3) is 2.76. The third-order valence-corrected chi connectivity index (χ3v) is 3.61. The topological polar surface area (TPSA) is 38.9 Å². The third-order valence-electron chi connectivity index (χ3n) is 2.43. The number of nitrogens with zero attached hydrogens (tertiary/aromatic N) is 1. The van der Waals surface area contributed by atoms with Crippen LogP contribution in [-0.2, 0) is 0 Å². The van der Waals surface area contributed by atoms with Gasteiger partial charge in [0, 0.05) is 22.1 Å². The largest absolute Gasteiger partial charge is 0.405 e. The Morgan fingerprint density at radius 3 is 2.67 bits per heavy atom. The Labute approximate surface area is 111 Å². The Morgan fingerprint density at radius 1 is 1.22 bits per heavy atom. The summed E-state index contributed by atoms with van der Waals surface area (Å²) >= 11 is 1.72. The van der Waals surface area contributed by atoms with Crippen LogP contribution in [0.3, 0.4) is 0 Å². The Hall–Kier alpha value is -2.13. The van der Waals surface area contributed by atoms with Crippen LogP contribution in [0.1, 0.15) is 4.88 Å². The van der Waals surface area contributed by atoms with Crippen molar-refractivity contribution in [3.05, 3.63) is 72.5 Å². The molecule has 2 aromatic rings. The summed E-state index contributed by atoms with van der Waals surface area (Å²) in [6.07, 6.45) is 10.7. The summed E-state index contributed by atoms with van der Waals surface area (Å²) in [5.41, 5.74) is 7.70. The van der Waals surface area contributed by atoms with Crippen molar-refractivity contribution in [1.82, 2.24) is 4.98 Å². The average molecular weight is 254 g/mol. The predicted molar refractivity (Wildman–Crippen MR) is 79.1 cm³/mol. The summed E-state index contributed by atoms with van der Waals surface area (Å²) in [7, 11) is 0. The second-order valence-electron chi connectivity index (χ2n) is 3.62. The molecule has 0 radical (unpaired) electrons. The maximum atomic E-state index is 5.46. The van der Waals surface area contributed by atoms with Crippen LogP contribution < -0.4 is 5.73 Å². The van der Waals surface area contributed by atoms with Crippen molar-refractivity contribution in [2.24, 2.45) is 5.73 Å². The van der Waals surface area contributed by atoms with Gasteiger partial charge in [-0.2, -0.15) is 0 Å². The van der Waals surface area contributed by atoms with Crippen LogP contribution >= 0.6 is 11.3 Å². The van der Waals surface area contributed by atoms with E-state index in [9.17, 15) is 0 Å². The highest BCUT2D eigenvalue weighted by molar-refractivity contribution is 7.16. The monoisotopic (exact) mass is 254 g/mol. The van der Waals surface area contributed by atoms with Crippen LogP contribution in [0.25, 0.3) is 16.0 Å². The molecule has 0 unspecified atom stereocenters. The SMILES string of the molecule is C=CC=C(C=CN)c1ccc(-c2ccncc2)s1. The standard InChI is InChI=1S/C15H14N2S/c1-2-3-12(6-9-16)14-4-5-15(18-14)13-7-10-17-11-8-13/h2-11H,1,16H2. The first kappa shape index (κ1) is 12.3. The van der Waals surface area contributed by atoms with Gasteiger partial charge in [0.15, 0.2) is 0 Å². The molecule has 2 N–H and O–H groups in total. The summed E-state index contributed by atoms with van der Waals surface area (Å²) in [5, 5.41) is 0. The Morgan fingerprint density at radius 2 is 2.00 bits per heavy atom. The fourth-order valence-electron chi connectivity index (χ4n) is 1.61. The van der Waals surface area contributed by atoms with E-state index in [2.05, 4.69) is 23.7 Å². The molecule has 2 nitrogen and oxygen atoms in total. The second kappa shape index (κ2) is 5.98. The molecule has 0 bridgehead atoms. The van der Waals surface area contributed by atoms with E-state index in [0.29, 0.717) is 0 Å². The lowest BCUT2D eigenvalue weighted by Crippen LogP contribution is -1.79. The number of hydrogen-bond acceptors (Lipinski definition) is 3. The van der Waals surface area contributed by atoms with Gasteiger partial charge in [0.25, 0.3) is 0 Å². The van der Waals surface area contributed by atoms with Gasteiger partial charge in [-0.3, -0.25) is 4.98 Å². The Kier molecular flexibility index (Phi) is 4.10. The van der Waals surface area contributed by atoms with Crippen molar-refractivity contribution in [2.45, 2.75) is 0 Å². The quantitative estimate of drug-likeness (QED) is 0.842. The minimum absolute atomic E-state index is 1.07. The number of thiophene rings is 1. The molecule has 2 rings (SSSR count). The lowest BCUT2D eigenvalue weighted by atomic mass is 10.2. The van der Waals surface area contributed by atoms with Crippen molar-refractivity contribution in [3.63, 3.8) is 0 Å². The maximum absolute atomic E-state index is 5.46. The highest BCUT2D eigenvalue weighted by Crippen LogP contribution is 2.32. The van der Waals surface area contributed by atoms with Gasteiger partial charge in [0.05, 0.1) is 0 Å². The molecule has 0 aromatic carbocycles. The summed E-state index contributed by atoms with van der Waals surface area (Å²) in [6, 6.07) is 8.21. The van der Waals surface area contributed by atoms with Gasteiger partial charge < -0.3 is 5.73 Å². The Bertz CT molecular complexity index is 580. The average Bonchev–Trinajstić information content (AvgIpc) is 2.89. The van der Waals surface area contributed by atoms with Gasteiger partial charge >= 0.3 is 0 Å². The zero-order valence-electron chi connectivity index (χ0n) is 9.91. The molecule has 0 fully saturated rings. The van der Waals surface area contributed by atoms with E-state index in [1.165, 1.54) is 15.3 Å². The molecular formula is C15H14N2S. The van der Waals surface area contributed by atoms with Crippen molar-refractivity contribution in [1.29, 1.82) is 0 Å². The molecule has 90 valence electrons. The molecule has 0 saturated heterocycles. The van der Waals surface area contributed by atoms with Crippen LogP contribution in [0.2, 0.25) is 0 Å². The van der Waals surface area contributed by atoms with Crippen molar-refractivity contribution < 1.29 is 0 Å². The van der Waals surface area contributed by atoms with E-state index in [1.807, 2.05) is 24.3 Å². The predicted octanol–water partition coefficient (Wildman–Crippen LogP) is 3.85. The van der Waals surface area contributed by atoms with E-state index in [0.717, 1.165) is 5.57 Å². The smallest absolute Gasteiger partial charge is 0.0350 e. The first-order valence-corrected chi connectivity index (χ1v) is 6.38. The highest BCUT2D eigenvalue weighted by Gasteiger charge is 2.04. The van der Waals surface area contributed by atoms with Crippen LogP contribution in [0.5, 0.6) is 0 Å². The molecule has 0 saturated carbocycles. The first-order valence-electron chi connectivity index (χ1n) is 5.56. The molecule has 0 aliphatic rings. The Balaban J connectivity index is 2.36. The van der Waals surface area contributed by atoms with E-state index >= 15 is 0 Å². The normalized spacial score (nSPS) is 11.9. The van der Waals surface area contributed by atoms with Crippen LogP contribution in [0.4, 0.5) is 0 Å². The molecule has 2 heterocycles. The van der Waals surface area contributed by atoms with E-state index < -0.39 is 0 Å². The lowest BCUT2D eigenvalue weighted by Gasteiger charge is -1.97. The van der Waals surface area contributed by atoms with Gasteiger partial charge in [0.2, 0.25) is 0 Å². The fraction of sp³-hybridized carbons (Fsp3) is 0. The van der Waals surface area contributed by atoms with Crippen molar-refractivity contribution in [3.8, 4) is 10.4 Å². The summed E-state index contributed by atoms with van der Waals surface area (Å²) < 4.78 is 0. The highest BCUT2D eigenvalue weighted by atomic mass is 32.1. The molecular weight excluding hydrogens is 240 g/mol. The zero-order valence-corrected chi connectivity index (χ0v) is 10.7. The molecule has 0 aliphatic heterocycles. The van der Waals surface area contributed by atoms with Gasteiger partial charge in [-0.15, -0.1) is 11.3 Å². The molecule has 18 heavy (non-hydrogen) atoms. The van der Waals surface area contributed by atoms with Crippen LogP contribution in [-0.4, -0.2) is 4.98 Å². The number of hydrogen-bond donors (Lipinski definition) is 1. The number of nitrogens with two attached hydrogens (primary N) is 1. The molecule has 0 spiro atoms. The van der Waals surface area contributed by atoms with E-state index in [-0.39, 0.29) is 0 Å². The number of aromatic nitrogens is 1. The van der Waals surface area contributed by atoms with Gasteiger partial charge in [0.1, 0.15) is 0 Å². The van der Waals surface area contributed by atoms with Crippen molar-refractivity contribution >= 4 is 16.9 Å².